The molecule has 0 saturated carbocycles. The fourth-order valence-corrected chi connectivity index (χ4v) is 1.27. The molecule has 19 heavy (non-hydrogen) atoms. The second-order valence-electron chi connectivity index (χ2n) is 3.42. The van der Waals surface area contributed by atoms with E-state index in [2.05, 4.69) is 15.0 Å². The number of hydrogen-bond donors (Lipinski definition) is 1. The maximum absolute atomic E-state index is 11.4. The number of carbonyl (C=O) groups excluding carboxylic acids is 2. The van der Waals surface area contributed by atoms with Crippen LogP contribution in [0.25, 0.3) is 6.08 Å². The number of amides is 1. The summed E-state index contributed by atoms with van der Waals surface area (Å²) in [7, 11) is 2.34. The molecule has 0 spiro atoms. The van der Waals surface area contributed by atoms with E-state index in [1.165, 1.54) is 20.1 Å². The van der Waals surface area contributed by atoms with Crippen LogP contribution in [0.3, 0.4) is 0 Å². The smallest absolute Gasteiger partial charge is 0.354 e. The highest BCUT2D eigenvalue weighted by atomic mass is 16.6. The number of ether oxygens (including phenoxy) is 1. The third-order valence-electron chi connectivity index (χ3n) is 2.05. The minimum atomic E-state index is -0.804. The molecule has 1 aromatic rings. The molecule has 8 nitrogen and oxygen atoms in total. The van der Waals surface area contributed by atoms with E-state index in [9.17, 15) is 19.7 Å². The van der Waals surface area contributed by atoms with Crippen molar-refractivity contribution in [1.29, 1.82) is 0 Å². The highest BCUT2D eigenvalue weighted by molar-refractivity contribution is 6.57. The Morgan fingerprint density at radius 3 is 2.79 bits per heavy atom. The molecule has 1 heterocycles. The second kappa shape index (κ2) is 6.29. The van der Waals surface area contributed by atoms with Gasteiger partial charge < -0.3 is 10.1 Å². The van der Waals surface area contributed by atoms with Gasteiger partial charge in [0, 0.05) is 6.20 Å². The van der Waals surface area contributed by atoms with Crippen molar-refractivity contribution in [3.05, 3.63) is 39.8 Å². The topological polar surface area (TPSA) is 111 Å². The molecular weight excluding hydrogens is 253 g/mol. The third kappa shape index (κ3) is 3.91. The first-order valence-electron chi connectivity index (χ1n) is 5.11. The molecule has 0 aliphatic carbocycles. The van der Waals surface area contributed by atoms with Crippen molar-refractivity contribution in [2.45, 2.75) is 0 Å². The van der Waals surface area contributed by atoms with E-state index < -0.39 is 16.7 Å². The number of carbonyl (C=O) groups is 2. The molecule has 0 aromatic carbocycles. The summed E-state index contributed by atoms with van der Waals surface area (Å²) in [6, 6.07) is 1.35. The van der Waals surface area contributed by atoms with Gasteiger partial charge in [-0.3, -0.25) is 19.9 Å². The van der Waals surface area contributed by atoms with Crippen LogP contribution in [-0.4, -0.2) is 36.6 Å². The average Bonchev–Trinajstić information content (AvgIpc) is 2.36. The summed E-state index contributed by atoms with van der Waals surface area (Å²) in [6.45, 7) is 0. The first-order chi connectivity index (χ1) is 8.95. The number of nitrogens with one attached hydrogen (secondary N) is 1. The number of esters is 1. The summed E-state index contributed by atoms with van der Waals surface area (Å²) in [5, 5.41) is 13.0. The van der Waals surface area contributed by atoms with Crippen molar-refractivity contribution < 1.29 is 19.2 Å². The SMILES string of the molecule is BC(=O)N/C(=C\c1ccncc1[N+](=O)[O-])C(=O)OC. The largest absolute Gasteiger partial charge is 0.464 e. The zero-order valence-corrected chi connectivity index (χ0v) is 10.2. The van der Waals surface area contributed by atoms with Crippen LogP contribution in [-0.2, 0) is 9.53 Å². The van der Waals surface area contributed by atoms with E-state index in [1.807, 2.05) is 0 Å². The lowest BCUT2D eigenvalue weighted by Crippen LogP contribution is -2.26. The Hall–Kier alpha value is -2.71. The van der Waals surface area contributed by atoms with Crippen LogP contribution in [0.2, 0.25) is 0 Å². The van der Waals surface area contributed by atoms with Crippen molar-refractivity contribution in [2.75, 3.05) is 7.11 Å². The Morgan fingerprint density at radius 1 is 1.58 bits per heavy atom. The number of methoxy groups -OCH3 is 1. The van der Waals surface area contributed by atoms with Gasteiger partial charge in [0.05, 0.1) is 17.6 Å². The van der Waals surface area contributed by atoms with Crippen molar-refractivity contribution in [2.24, 2.45) is 0 Å². The molecule has 0 saturated heterocycles. The number of nitrogens with zero attached hydrogens (tertiary/aromatic N) is 2. The zero-order chi connectivity index (χ0) is 14.4. The molecule has 0 fully saturated rings. The first-order valence-corrected chi connectivity index (χ1v) is 5.11. The molecule has 1 amide bonds. The lowest BCUT2D eigenvalue weighted by Gasteiger charge is -2.06. The summed E-state index contributed by atoms with van der Waals surface area (Å²) < 4.78 is 4.48. The van der Waals surface area contributed by atoms with Gasteiger partial charge in [-0.05, 0) is 12.1 Å². The predicted molar refractivity (Wildman–Crippen MR) is 68.0 cm³/mol. The van der Waals surface area contributed by atoms with Gasteiger partial charge in [-0.25, -0.2) is 4.79 Å². The number of hydrogen-bond acceptors (Lipinski definition) is 6. The van der Waals surface area contributed by atoms with Gasteiger partial charge in [0.2, 0.25) is 7.85 Å². The molecule has 0 aliphatic rings. The van der Waals surface area contributed by atoms with Crippen molar-refractivity contribution in [1.82, 2.24) is 10.3 Å². The Balaban J connectivity index is 3.25. The number of rotatable bonds is 4. The maximum Gasteiger partial charge on any atom is 0.354 e. The van der Waals surface area contributed by atoms with Gasteiger partial charge in [0.25, 0.3) is 5.69 Å². The quantitative estimate of drug-likeness (QED) is 0.266. The van der Waals surface area contributed by atoms with E-state index in [-0.39, 0.29) is 16.9 Å². The molecule has 98 valence electrons. The van der Waals surface area contributed by atoms with Crippen molar-refractivity contribution in [3.8, 4) is 0 Å². The van der Waals surface area contributed by atoms with Crippen molar-refractivity contribution >= 4 is 31.4 Å². The Labute approximate surface area is 109 Å². The van der Waals surface area contributed by atoms with Gasteiger partial charge >= 0.3 is 5.97 Å². The summed E-state index contributed by atoms with van der Waals surface area (Å²) in [5.41, 5.74) is -0.340. The zero-order valence-electron chi connectivity index (χ0n) is 10.2. The van der Waals surface area contributed by atoms with Gasteiger partial charge in [0.1, 0.15) is 11.9 Å². The van der Waals surface area contributed by atoms with E-state index in [1.54, 1.807) is 0 Å². The van der Waals surface area contributed by atoms with Crippen molar-refractivity contribution in [3.63, 3.8) is 0 Å². The Bertz CT molecular complexity index is 558. The molecule has 0 atom stereocenters. The van der Waals surface area contributed by atoms with Gasteiger partial charge in [-0.2, -0.15) is 0 Å². The summed E-state index contributed by atoms with van der Waals surface area (Å²) in [5.74, 6) is -1.30. The molecular formula is C10H10BN3O5. The van der Waals surface area contributed by atoms with E-state index in [4.69, 9.17) is 0 Å². The predicted octanol–water partition coefficient (Wildman–Crippen LogP) is -0.154. The van der Waals surface area contributed by atoms with Crippen LogP contribution in [0.1, 0.15) is 5.56 Å². The standard InChI is InChI=1S/C10H10BN3O5/c1-19-9(15)7(13-10(11)16)4-6-2-3-12-5-8(6)14(17)18/h2-5H,11H2,1H3,(H,13,16)/b7-4-. The Kier molecular flexibility index (Phi) is 4.75. The lowest BCUT2D eigenvalue weighted by atomic mass is 10.1. The van der Waals surface area contributed by atoms with Gasteiger partial charge in [-0.15, -0.1) is 0 Å². The lowest BCUT2D eigenvalue weighted by molar-refractivity contribution is -0.385. The first kappa shape index (κ1) is 14.4. The summed E-state index contributed by atoms with van der Waals surface area (Å²) >= 11 is 0. The highest BCUT2D eigenvalue weighted by Crippen LogP contribution is 2.19. The van der Waals surface area contributed by atoms with Crippen LogP contribution >= 0.6 is 0 Å². The minimum Gasteiger partial charge on any atom is -0.464 e. The minimum absolute atomic E-state index is 0.133. The van der Waals surface area contributed by atoms with Gasteiger partial charge in [0.15, 0.2) is 5.81 Å². The maximum atomic E-state index is 11.4. The van der Waals surface area contributed by atoms with Gasteiger partial charge in [-0.1, -0.05) is 0 Å². The third-order valence-corrected chi connectivity index (χ3v) is 2.05. The average molecular weight is 263 g/mol. The molecule has 0 bridgehead atoms. The van der Waals surface area contributed by atoms with Crippen LogP contribution in [0.5, 0.6) is 0 Å². The number of nitro groups is 1. The van der Waals surface area contributed by atoms with Crippen LogP contribution in [0.4, 0.5) is 10.5 Å². The Morgan fingerprint density at radius 2 is 2.26 bits per heavy atom. The highest BCUT2D eigenvalue weighted by Gasteiger charge is 2.16. The fraction of sp³-hybridized carbons (Fsp3) is 0.100. The number of aromatic nitrogens is 1. The van der Waals surface area contributed by atoms with E-state index >= 15 is 0 Å². The molecule has 0 unspecified atom stereocenters. The molecule has 1 rings (SSSR count). The summed E-state index contributed by atoms with van der Waals surface area (Å²) in [6.07, 6.45) is 3.54. The second-order valence-corrected chi connectivity index (χ2v) is 3.42. The van der Waals surface area contributed by atoms with Crippen LogP contribution in [0, 0.1) is 10.1 Å². The normalized spacial score (nSPS) is 10.7. The molecule has 0 radical (unpaired) electrons. The summed E-state index contributed by atoms with van der Waals surface area (Å²) in [4.78, 5) is 36.2. The molecule has 0 aliphatic heterocycles. The van der Waals surface area contributed by atoms with E-state index in [0.717, 1.165) is 19.4 Å². The fourth-order valence-electron chi connectivity index (χ4n) is 1.27. The van der Waals surface area contributed by atoms with Crippen LogP contribution < -0.4 is 5.32 Å². The molecule has 1 N–H and O–H groups in total. The molecule has 1 aromatic heterocycles. The van der Waals surface area contributed by atoms with E-state index in [0.29, 0.717) is 0 Å². The number of pyridine rings is 1. The molecule has 9 heteroatoms. The van der Waals surface area contributed by atoms with Crippen LogP contribution in [0.15, 0.2) is 24.2 Å². The monoisotopic (exact) mass is 263 g/mol.